The minimum Gasteiger partial charge on any atom is -0.493 e. The standard InChI is InChI=1S/C26H27NO5/c1-18(26(29)27-16-15-19-9-14-23(30-2)24(17-19)31-3)32-22-12-10-21(11-13-22)25(28)20-7-5-4-6-8-20/h4-14,17-18H,15-16H2,1-3H3,(H,27,29)/t18-/m0/s1. The van der Waals surface area contributed by atoms with Crippen molar-refractivity contribution in [1.29, 1.82) is 0 Å². The zero-order chi connectivity index (χ0) is 22.9. The van der Waals surface area contributed by atoms with Crippen LogP contribution in [0.25, 0.3) is 0 Å². The van der Waals surface area contributed by atoms with E-state index >= 15 is 0 Å². The molecule has 0 radical (unpaired) electrons. The molecule has 6 nitrogen and oxygen atoms in total. The Balaban J connectivity index is 1.49. The molecule has 6 heteroatoms. The highest BCUT2D eigenvalue weighted by atomic mass is 16.5. The summed E-state index contributed by atoms with van der Waals surface area (Å²) in [5.74, 6) is 1.58. The van der Waals surface area contributed by atoms with Gasteiger partial charge in [-0.15, -0.1) is 0 Å². The van der Waals surface area contributed by atoms with Crippen molar-refractivity contribution in [1.82, 2.24) is 5.32 Å². The van der Waals surface area contributed by atoms with E-state index in [2.05, 4.69) is 5.32 Å². The number of carbonyl (C=O) groups is 2. The van der Waals surface area contributed by atoms with Crippen molar-refractivity contribution >= 4 is 11.7 Å². The lowest BCUT2D eigenvalue weighted by Gasteiger charge is -2.15. The number of amides is 1. The van der Waals surface area contributed by atoms with Crippen molar-refractivity contribution < 1.29 is 23.8 Å². The largest absolute Gasteiger partial charge is 0.493 e. The summed E-state index contributed by atoms with van der Waals surface area (Å²) in [5.41, 5.74) is 2.22. The molecule has 0 aliphatic heterocycles. The first-order valence-corrected chi connectivity index (χ1v) is 10.4. The second-order valence-corrected chi connectivity index (χ2v) is 7.21. The van der Waals surface area contributed by atoms with Crippen molar-refractivity contribution in [2.24, 2.45) is 0 Å². The molecule has 166 valence electrons. The second-order valence-electron chi connectivity index (χ2n) is 7.21. The minimum absolute atomic E-state index is 0.0573. The third kappa shape index (κ3) is 5.88. The van der Waals surface area contributed by atoms with Crippen LogP contribution in [0, 0.1) is 0 Å². The fourth-order valence-corrected chi connectivity index (χ4v) is 3.21. The fraction of sp³-hybridized carbons (Fsp3) is 0.231. The summed E-state index contributed by atoms with van der Waals surface area (Å²) < 4.78 is 16.3. The third-order valence-electron chi connectivity index (χ3n) is 5.00. The minimum atomic E-state index is -0.670. The average molecular weight is 434 g/mol. The lowest BCUT2D eigenvalue weighted by Crippen LogP contribution is -2.37. The Morgan fingerprint density at radius 2 is 1.50 bits per heavy atom. The van der Waals surface area contributed by atoms with Crippen LogP contribution < -0.4 is 19.5 Å². The monoisotopic (exact) mass is 433 g/mol. The summed E-state index contributed by atoms with van der Waals surface area (Å²) in [5, 5.41) is 2.88. The maximum Gasteiger partial charge on any atom is 0.260 e. The number of nitrogens with one attached hydrogen (secondary N) is 1. The predicted molar refractivity (Wildman–Crippen MR) is 123 cm³/mol. The number of rotatable bonds is 10. The molecule has 0 saturated heterocycles. The highest BCUT2D eigenvalue weighted by Crippen LogP contribution is 2.27. The van der Waals surface area contributed by atoms with E-state index in [0.29, 0.717) is 41.3 Å². The Bertz CT molecular complexity index is 1050. The predicted octanol–water partition coefficient (Wildman–Crippen LogP) is 4.06. The third-order valence-corrected chi connectivity index (χ3v) is 5.00. The molecule has 1 amide bonds. The summed E-state index contributed by atoms with van der Waals surface area (Å²) in [6.07, 6.45) is -0.0224. The zero-order valence-electron chi connectivity index (χ0n) is 18.5. The summed E-state index contributed by atoms with van der Waals surface area (Å²) >= 11 is 0. The second kappa shape index (κ2) is 11.0. The van der Waals surface area contributed by atoms with Gasteiger partial charge in [-0.05, 0) is 55.3 Å². The van der Waals surface area contributed by atoms with E-state index < -0.39 is 6.10 Å². The van der Waals surface area contributed by atoms with Gasteiger partial charge >= 0.3 is 0 Å². The Hall–Kier alpha value is -3.80. The molecule has 3 aromatic carbocycles. The van der Waals surface area contributed by atoms with E-state index in [0.717, 1.165) is 5.56 Å². The molecule has 0 aliphatic carbocycles. The Morgan fingerprint density at radius 3 is 2.16 bits per heavy atom. The van der Waals surface area contributed by atoms with Crippen LogP contribution in [0.3, 0.4) is 0 Å². The molecule has 0 spiro atoms. The molecule has 0 aromatic heterocycles. The van der Waals surface area contributed by atoms with Crippen LogP contribution >= 0.6 is 0 Å². The van der Waals surface area contributed by atoms with Gasteiger partial charge in [0.05, 0.1) is 14.2 Å². The maximum absolute atomic E-state index is 12.5. The number of ether oxygens (including phenoxy) is 3. The summed E-state index contributed by atoms with van der Waals surface area (Å²) in [6.45, 7) is 2.15. The SMILES string of the molecule is COc1ccc(CCNC(=O)[C@H](C)Oc2ccc(C(=O)c3ccccc3)cc2)cc1OC. The van der Waals surface area contributed by atoms with Crippen LogP contribution in [-0.4, -0.2) is 38.6 Å². The lowest BCUT2D eigenvalue weighted by atomic mass is 10.0. The van der Waals surface area contributed by atoms with Gasteiger partial charge in [0.1, 0.15) is 5.75 Å². The first-order chi connectivity index (χ1) is 15.5. The van der Waals surface area contributed by atoms with E-state index in [4.69, 9.17) is 14.2 Å². The fourth-order valence-electron chi connectivity index (χ4n) is 3.21. The van der Waals surface area contributed by atoms with E-state index in [1.54, 1.807) is 57.5 Å². The number of ketones is 1. The van der Waals surface area contributed by atoms with Crippen LogP contribution in [0.4, 0.5) is 0 Å². The molecule has 3 rings (SSSR count). The number of methoxy groups -OCH3 is 2. The molecular formula is C26H27NO5. The van der Waals surface area contributed by atoms with Crippen molar-refractivity contribution in [3.63, 3.8) is 0 Å². The Morgan fingerprint density at radius 1 is 0.844 bits per heavy atom. The van der Waals surface area contributed by atoms with Gasteiger partial charge in [0.15, 0.2) is 23.4 Å². The molecule has 0 aliphatic rings. The molecule has 0 bridgehead atoms. The number of carbonyl (C=O) groups excluding carboxylic acids is 2. The van der Waals surface area contributed by atoms with Gasteiger partial charge in [-0.25, -0.2) is 0 Å². The topological polar surface area (TPSA) is 73.9 Å². The Labute approximate surface area is 188 Å². The van der Waals surface area contributed by atoms with E-state index in [1.165, 1.54) is 0 Å². The lowest BCUT2D eigenvalue weighted by molar-refractivity contribution is -0.127. The van der Waals surface area contributed by atoms with Crippen LogP contribution in [-0.2, 0) is 11.2 Å². The first kappa shape index (κ1) is 22.9. The highest BCUT2D eigenvalue weighted by Gasteiger charge is 2.15. The number of benzene rings is 3. The van der Waals surface area contributed by atoms with Gasteiger partial charge in [0.25, 0.3) is 5.91 Å². The smallest absolute Gasteiger partial charge is 0.260 e. The van der Waals surface area contributed by atoms with Crippen molar-refractivity contribution in [2.75, 3.05) is 20.8 Å². The normalized spacial score (nSPS) is 11.3. The number of hydrogen-bond acceptors (Lipinski definition) is 5. The van der Waals surface area contributed by atoms with Gasteiger partial charge in [0.2, 0.25) is 0 Å². The molecular weight excluding hydrogens is 406 g/mol. The van der Waals surface area contributed by atoms with Crippen molar-refractivity contribution in [2.45, 2.75) is 19.4 Å². The van der Waals surface area contributed by atoms with E-state index in [9.17, 15) is 9.59 Å². The quantitative estimate of drug-likeness (QED) is 0.488. The Kier molecular flexibility index (Phi) is 7.86. The van der Waals surface area contributed by atoms with E-state index in [-0.39, 0.29) is 11.7 Å². The van der Waals surface area contributed by atoms with Gasteiger partial charge < -0.3 is 19.5 Å². The summed E-state index contributed by atoms with van der Waals surface area (Å²) in [7, 11) is 3.18. The van der Waals surface area contributed by atoms with Crippen molar-refractivity contribution in [3.05, 3.63) is 89.5 Å². The maximum atomic E-state index is 12.5. The van der Waals surface area contributed by atoms with Gasteiger partial charge in [-0.1, -0.05) is 36.4 Å². The highest BCUT2D eigenvalue weighted by molar-refractivity contribution is 6.09. The molecule has 3 aromatic rings. The molecule has 1 atom stereocenters. The first-order valence-electron chi connectivity index (χ1n) is 10.4. The van der Waals surface area contributed by atoms with Gasteiger partial charge in [-0.3, -0.25) is 9.59 Å². The summed E-state index contributed by atoms with van der Waals surface area (Å²) in [6, 6.07) is 21.6. The van der Waals surface area contributed by atoms with Crippen LogP contribution in [0.15, 0.2) is 72.8 Å². The van der Waals surface area contributed by atoms with E-state index in [1.807, 2.05) is 36.4 Å². The molecule has 0 fully saturated rings. The average Bonchev–Trinajstić information content (AvgIpc) is 2.84. The van der Waals surface area contributed by atoms with Gasteiger partial charge in [-0.2, -0.15) is 0 Å². The molecule has 0 saturated carbocycles. The molecule has 1 N–H and O–H groups in total. The van der Waals surface area contributed by atoms with Crippen LogP contribution in [0.5, 0.6) is 17.2 Å². The van der Waals surface area contributed by atoms with Crippen LogP contribution in [0.1, 0.15) is 28.4 Å². The van der Waals surface area contributed by atoms with Crippen LogP contribution in [0.2, 0.25) is 0 Å². The molecule has 0 heterocycles. The molecule has 32 heavy (non-hydrogen) atoms. The number of hydrogen-bond donors (Lipinski definition) is 1. The summed E-state index contributed by atoms with van der Waals surface area (Å²) in [4.78, 5) is 24.9. The molecule has 0 unspecified atom stereocenters. The zero-order valence-corrected chi connectivity index (χ0v) is 18.5. The van der Waals surface area contributed by atoms with Gasteiger partial charge in [0, 0.05) is 17.7 Å². The van der Waals surface area contributed by atoms with Crippen molar-refractivity contribution in [3.8, 4) is 17.2 Å².